The number of fused-ring (bicyclic) bond motifs is 3. The van der Waals surface area contributed by atoms with Gasteiger partial charge in [0.25, 0.3) is 11.8 Å². The molecule has 0 aliphatic heterocycles. The molecule has 10 heteroatoms. The molecule has 5 rings (SSSR count). The third-order valence-electron chi connectivity index (χ3n) is 7.40. The Morgan fingerprint density at radius 3 is 2.32 bits per heavy atom. The predicted molar refractivity (Wildman–Crippen MR) is 139 cm³/mol. The first-order valence-corrected chi connectivity index (χ1v) is 12.9. The van der Waals surface area contributed by atoms with Crippen molar-refractivity contribution in [1.29, 1.82) is 0 Å². The number of carbonyl (C=O) groups excluding carboxylic acids is 2. The number of hydrogen-bond acceptors (Lipinski definition) is 5. The SMILES string of the molecule is Cc1cc(OC(C)(C)C(=O)NC23CCC(NC(=O)COc4ccc(Cl)c(F)c4)(CC2)C[C@@H]3O)ccc1Cl. The summed E-state index contributed by atoms with van der Waals surface area (Å²) < 4.78 is 25.0. The van der Waals surface area contributed by atoms with Gasteiger partial charge in [-0.2, -0.15) is 0 Å². The van der Waals surface area contributed by atoms with Crippen LogP contribution in [0.5, 0.6) is 11.5 Å². The van der Waals surface area contributed by atoms with E-state index in [1.807, 2.05) is 6.92 Å². The molecule has 200 valence electrons. The van der Waals surface area contributed by atoms with Crippen molar-refractivity contribution < 1.29 is 28.6 Å². The monoisotopic (exact) mass is 552 g/mol. The lowest BCUT2D eigenvalue weighted by Crippen LogP contribution is -2.71. The van der Waals surface area contributed by atoms with Gasteiger partial charge in [0.15, 0.2) is 12.2 Å². The van der Waals surface area contributed by atoms with Gasteiger partial charge in [-0.25, -0.2) is 4.39 Å². The number of aryl methyl sites for hydroxylation is 1. The molecule has 3 aliphatic rings. The molecule has 3 saturated carbocycles. The van der Waals surface area contributed by atoms with E-state index in [0.717, 1.165) is 11.6 Å². The van der Waals surface area contributed by atoms with Gasteiger partial charge in [-0.3, -0.25) is 9.59 Å². The van der Waals surface area contributed by atoms with Crippen molar-refractivity contribution in [3.05, 3.63) is 57.8 Å². The summed E-state index contributed by atoms with van der Waals surface area (Å²) in [6, 6.07) is 9.17. The van der Waals surface area contributed by atoms with Crippen LogP contribution in [0.15, 0.2) is 36.4 Å². The molecule has 0 heterocycles. The van der Waals surface area contributed by atoms with E-state index in [-0.39, 0.29) is 29.2 Å². The summed E-state index contributed by atoms with van der Waals surface area (Å²) in [6.45, 7) is 4.92. The van der Waals surface area contributed by atoms with Crippen LogP contribution in [-0.4, -0.2) is 46.3 Å². The molecule has 7 nitrogen and oxygen atoms in total. The van der Waals surface area contributed by atoms with Crippen molar-refractivity contribution in [2.24, 2.45) is 0 Å². The van der Waals surface area contributed by atoms with Gasteiger partial charge >= 0.3 is 0 Å². The standard InChI is InChI=1S/C27H31Cl2FN2O5/c1-16-12-18(5-6-19(16)28)37-25(2,3)24(35)32-27-10-8-26(9-11-27,14-22(27)33)31-23(34)15-36-17-4-7-20(29)21(30)13-17/h4-7,12-13,22,33H,8-11,14-15H2,1-3H3,(H,31,34)(H,32,35)/t22-,26?,27?/m0/s1. The molecule has 2 aromatic rings. The van der Waals surface area contributed by atoms with Gasteiger partial charge < -0.3 is 25.2 Å². The summed E-state index contributed by atoms with van der Waals surface area (Å²) in [5.41, 5.74) is -1.73. The molecule has 37 heavy (non-hydrogen) atoms. The molecule has 2 bridgehead atoms. The van der Waals surface area contributed by atoms with Crippen molar-refractivity contribution >= 4 is 35.0 Å². The highest BCUT2D eigenvalue weighted by Gasteiger charge is 2.56. The van der Waals surface area contributed by atoms with E-state index in [1.165, 1.54) is 12.1 Å². The quantitative estimate of drug-likeness (QED) is 0.440. The second kappa shape index (κ2) is 10.3. The third kappa shape index (κ3) is 5.97. The number of benzene rings is 2. The van der Waals surface area contributed by atoms with E-state index in [9.17, 15) is 19.1 Å². The Morgan fingerprint density at radius 2 is 1.70 bits per heavy atom. The highest BCUT2D eigenvalue weighted by molar-refractivity contribution is 6.31. The Morgan fingerprint density at radius 1 is 1.05 bits per heavy atom. The van der Waals surface area contributed by atoms with Crippen LogP contribution < -0.4 is 20.1 Å². The number of nitrogens with one attached hydrogen (secondary N) is 2. The number of rotatable bonds is 8. The van der Waals surface area contributed by atoms with E-state index in [4.69, 9.17) is 32.7 Å². The van der Waals surface area contributed by atoms with E-state index in [1.54, 1.807) is 32.0 Å². The lowest BCUT2D eigenvalue weighted by molar-refractivity contribution is -0.145. The Balaban J connectivity index is 1.34. The molecule has 0 aromatic heterocycles. The number of ether oxygens (including phenoxy) is 2. The van der Waals surface area contributed by atoms with Crippen LogP contribution in [0.3, 0.4) is 0 Å². The average Bonchev–Trinajstić information content (AvgIpc) is 2.83. The Kier molecular flexibility index (Phi) is 7.66. The zero-order chi connectivity index (χ0) is 27.0. The highest BCUT2D eigenvalue weighted by Crippen LogP contribution is 2.47. The molecule has 0 radical (unpaired) electrons. The van der Waals surface area contributed by atoms with Gasteiger partial charge in [-0.15, -0.1) is 0 Å². The molecule has 3 aliphatic carbocycles. The van der Waals surface area contributed by atoms with Crippen LogP contribution in [0.25, 0.3) is 0 Å². The fraction of sp³-hybridized carbons (Fsp3) is 0.481. The number of amides is 2. The Bertz CT molecular complexity index is 1200. The van der Waals surface area contributed by atoms with E-state index < -0.39 is 28.6 Å². The minimum absolute atomic E-state index is 0.0281. The molecule has 3 fully saturated rings. The van der Waals surface area contributed by atoms with Crippen LogP contribution >= 0.6 is 23.2 Å². The predicted octanol–water partition coefficient (Wildman–Crippen LogP) is 4.73. The normalized spacial score (nSPS) is 24.9. The topological polar surface area (TPSA) is 96.9 Å². The Hall–Kier alpha value is -2.55. The maximum absolute atomic E-state index is 13.6. The van der Waals surface area contributed by atoms with Crippen molar-refractivity contribution in [3.63, 3.8) is 0 Å². The number of aliphatic hydroxyl groups excluding tert-OH is 1. The summed E-state index contributed by atoms with van der Waals surface area (Å²) in [7, 11) is 0. The van der Waals surface area contributed by atoms with Crippen LogP contribution in [0, 0.1) is 12.7 Å². The molecule has 3 N–H and O–H groups in total. The molecule has 0 unspecified atom stereocenters. The first-order valence-electron chi connectivity index (χ1n) is 12.2. The van der Waals surface area contributed by atoms with Crippen LogP contribution in [0.4, 0.5) is 4.39 Å². The first kappa shape index (κ1) is 27.5. The summed E-state index contributed by atoms with van der Waals surface area (Å²) >= 11 is 11.8. The van der Waals surface area contributed by atoms with Gasteiger partial charge in [0, 0.05) is 16.6 Å². The van der Waals surface area contributed by atoms with Crippen molar-refractivity contribution in [1.82, 2.24) is 10.6 Å². The summed E-state index contributed by atoms with van der Waals surface area (Å²) in [6.07, 6.45) is 1.62. The second-order valence-electron chi connectivity index (χ2n) is 10.5. The van der Waals surface area contributed by atoms with Gasteiger partial charge in [0.05, 0.1) is 16.7 Å². The van der Waals surface area contributed by atoms with E-state index in [2.05, 4.69) is 10.6 Å². The van der Waals surface area contributed by atoms with Gasteiger partial charge in [0.1, 0.15) is 17.3 Å². The minimum atomic E-state index is -1.19. The molecular weight excluding hydrogens is 522 g/mol. The smallest absolute Gasteiger partial charge is 0.264 e. The highest BCUT2D eigenvalue weighted by atomic mass is 35.5. The van der Waals surface area contributed by atoms with Crippen molar-refractivity contribution in [2.45, 2.75) is 75.7 Å². The second-order valence-corrected chi connectivity index (χ2v) is 11.4. The summed E-state index contributed by atoms with van der Waals surface area (Å²) in [5, 5.41) is 17.7. The fourth-order valence-electron chi connectivity index (χ4n) is 5.11. The Labute approximate surface area is 225 Å². The zero-order valence-electron chi connectivity index (χ0n) is 21.0. The molecule has 2 aromatic carbocycles. The zero-order valence-corrected chi connectivity index (χ0v) is 22.5. The molecule has 2 amide bonds. The molecule has 0 spiro atoms. The lowest BCUT2D eigenvalue weighted by atomic mass is 9.59. The first-order chi connectivity index (χ1) is 17.3. The number of halogens is 3. The summed E-state index contributed by atoms with van der Waals surface area (Å²) in [4.78, 5) is 25.8. The lowest BCUT2D eigenvalue weighted by Gasteiger charge is -2.56. The maximum atomic E-state index is 13.6. The van der Waals surface area contributed by atoms with Crippen LogP contribution in [-0.2, 0) is 9.59 Å². The number of aliphatic hydroxyl groups is 1. The molecule has 1 atom stereocenters. The van der Waals surface area contributed by atoms with Crippen molar-refractivity contribution in [2.75, 3.05) is 6.61 Å². The fourth-order valence-corrected chi connectivity index (χ4v) is 5.34. The maximum Gasteiger partial charge on any atom is 0.264 e. The van der Waals surface area contributed by atoms with E-state index >= 15 is 0 Å². The third-order valence-corrected chi connectivity index (χ3v) is 8.13. The summed E-state index contributed by atoms with van der Waals surface area (Å²) in [5.74, 6) is -0.606. The van der Waals surface area contributed by atoms with Gasteiger partial charge in [-0.05, 0) is 88.8 Å². The molecule has 0 saturated heterocycles. The van der Waals surface area contributed by atoms with Gasteiger partial charge in [-0.1, -0.05) is 23.2 Å². The average molecular weight is 553 g/mol. The van der Waals surface area contributed by atoms with Crippen LogP contribution in [0.1, 0.15) is 51.5 Å². The minimum Gasteiger partial charge on any atom is -0.484 e. The van der Waals surface area contributed by atoms with Crippen LogP contribution in [0.2, 0.25) is 10.0 Å². The largest absolute Gasteiger partial charge is 0.484 e. The number of carbonyl (C=O) groups is 2. The van der Waals surface area contributed by atoms with Gasteiger partial charge in [0.2, 0.25) is 0 Å². The number of hydrogen-bond donors (Lipinski definition) is 3. The van der Waals surface area contributed by atoms with E-state index in [0.29, 0.717) is 42.9 Å². The van der Waals surface area contributed by atoms with Crippen molar-refractivity contribution in [3.8, 4) is 11.5 Å². The molecular formula is C27H31Cl2FN2O5.